The molecule has 3 aromatic rings. The van der Waals surface area contributed by atoms with E-state index in [-0.39, 0.29) is 0 Å². The largest absolute Gasteiger partial charge is 0.497 e. The molecule has 102 valence electrons. The number of pyridine rings is 1. The zero-order chi connectivity index (χ0) is 13.9. The third kappa shape index (κ3) is 2.53. The van der Waals surface area contributed by atoms with E-state index in [4.69, 9.17) is 21.1 Å². The number of methoxy groups -OCH3 is 1. The summed E-state index contributed by atoms with van der Waals surface area (Å²) < 4.78 is 12.6. The smallest absolute Gasteiger partial charge is 0.175 e. The van der Waals surface area contributed by atoms with Gasteiger partial charge in [0.2, 0.25) is 0 Å². The SMILES string of the molecule is COc1cccc(OCc2nnc3ccc(Cl)cn23)c1. The van der Waals surface area contributed by atoms with Crippen LogP contribution in [-0.4, -0.2) is 21.7 Å². The van der Waals surface area contributed by atoms with Crippen molar-refractivity contribution in [2.75, 3.05) is 7.11 Å². The Bertz CT molecular complexity index is 742. The second kappa shape index (κ2) is 5.38. The summed E-state index contributed by atoms with van der Waals surface area (Å²) in [5.74, 6) is 2.14. The van der Waals surface area contributed by atoms with E-state index in [0.717, 1.165) is 11.4 Å². The van der Waals surface area contributed by atoms with E-state index in [0.29, 0.717) is 23.2 Å². The first kappa shape index (κ1) is 12.7. The van der Waals surface area contributed by atoms with E-state index < -0.39 is 0 Å². The molecule has 0 amide bonds. The molecule has 0 aliphatic heterocycles. The molecule has 0 saturated carbocycles. The highest BCUT2D eigenvalue weighted by atomic mass is 35.5. The zero-order valence-electron chi connectivity index (χ0n) is 10.8. The van der Waals surface area contributed by atoms with Gasteiger partial charge in [0.1, 0.15) is 18.1 Å². The van der Waals surface area contributed by atoms with Crippen molar-refractivity contribution in [1.82, 2.24) is 14.6 Å². The maximum Gasteiger partial charge on any atom is 0.175 e. The first-order chi connectivity index (χ1) is 9.76. The third-order valence-electron chi connectivity index (χ3n) is 2.85. The van der Waals surface area contributed by atoms with Crippen molar-refractivity contribution in [3.63, 3.8) is 0 Å². The van der Waals surface area contributed by atoms with Crippen LogP contribution in [0.5, 0.6) is 11.5 Å². The highest BCUT2D eigenvalue weighted by molar-refractivity contribution is 6.30. The molecule has 0 bridgehead atoms. The van der Waals surface area contributed by atoms with Gasteiger partial charge in [-0.25, -0.2) is 0 Å². The highest BCUT2D eigenvalue weighted by Crippen LogP contribution is 2.20. The summed E-state index contributed by atoms with van der Waals surface area (Å²) in [5.41, 5.74) is 0.735. The molecule has 2 aromatic heterocycles. The molecule has 0 unspecified atom stereocenters. The van der Waals surface area contributed by atoms with Gasteiger partial charge in [0.05, 0.1) is 12.1 Å². The van der Waals surface area contributed by atoms with Gasteiger partial charge < -0.3 is 9.47 Å². The lowest BCUT2D eigenvalue weighted by molar-refractivity contribution is 0.292. The zero-order valence-corrected chi connectivity index (χ0v) is 11.5. The lowest BCUT2D eigenvalue weighted by Gasteiger charge is -2.06. The van der Waals surface area contributed by atoms with Crippen LogP contribution in [-0.2, 0) is 6.61 Å². The topological polar surface area (TPSA) is 48.7 Å². The minimum Gasteiger partial charge on any atom is -0.497 e. The van der Waals surface area contributed by atoms with E-state index in [1.165, 1.54) is 0 Å². The van der Waals surface area contributed by atoms with Crippen LogP contribution < -0.4 is 9.47 Å². The van der Waals surface area contributed by atoms with Crippen LogP contribution in [0, 0.1) is 0 Å². The Kier molecular flexibility index (Phi) is 3.43. The standard InChI is InChI=1S/C14H12ClN3O2/c1-19-11-3-2-4-12(7-11)20-9-14-17-16-13-6-5-10(15)8-18(13)14/h2-8H,9H2,1H3. The van der Waals surface area contributed by atoms with Crippen LogP contribution in [0.15, 0.2) is 42.6 Å². The molecule has 0 aliphatic rings. The molecule has 0 aliphatic carbocycles. The fourth-order valence-electron chi connectivity index (χ4n) is 1.85. The Morgan fingerprint density at radius 1 is 1.15 bits per heavy atom. The highest BCUT2D eigenvalue weighted by Gasteiger charge is 2.07. The van der Waals surface area contributed by atoms with Crippen molar-refractivity contribution in [2.24, 2.45) is 0 Å². The van der Waals surface area contributed by atoms with E-state index >= 15 is 0 Å². The van der Waals surface area contributed by atoms with Crippen LogP contribution in [0.4, 0.5) is 0 Å². The third-order valence-corrected chi connectivity index (χ3v) is 3.07. The van der Waals surface area contributed by atoms with Crippen LogP contribution in [0.2, 0.25) is 5.02 Å². The van der Waals surface area contributed by atoms with Crippen LogP contribution >= 0.6 is 11.6 Å². The molecule has 3 rings (SSSR count). The maximum atomic E-state index is 5.97. The molecule has 0 N–H and O–H groups in total. The Hall–Kier alpha value is -2.27. The molecule has 0 radical (unpaired) electrons. The number of fused-ring (bicyclic) bond motifs is 1. The van der Waals surface area contributed by atoms with Gasteiger partial charge in [-0.05, 0) is 24.3 Å². The monoisotopic (exact) mass is 289 g/mol. The van der Waals surface area contributed by atoms with Crippen molar-refractivity contribution in [3.8, 4) is 11.5 Å². The molecule has 0 atom stereocenters. The molecule has 0 saturated heterocycles. The van der Waals surface area contributed by atoms with E-state index in [9.17, 15) is 0 Å². The fourth-order valence-corrected chi connectivity index (χ4v) is 2.01. The number of benzene rings is 1. The van der Waals surface area contributed by atoms with Gasteiger partial charge in [-0.3, -0.25) is 4.40 Å². The van der Waals surface area contributed by atoms with Crippen LogP contribution in [0.3, 0.4) is 0 Å². The normalized spacial score (nSPS) is 10.7. The maximum absolute atomic E-state index is 5.97. The van der Waals surface area contributed by atoms with Crippen molar-refractivity contribution in [2.45, 2.75) is 6.61 Å². The summed E-state index contributed by atoms with van der Waals surface area (Å²) in [4.78, 5) is 0. The van der Waals surface area contributed by atoms with Gasteiger partial charge in [0.15, 0.2) is 11.5 Å². The number of hydrogen-bond donors (Lipinski definition) is 0. The van der Waals surface area contributed by atoms with E-state index in [1.807, 2.05) is 34.7 Å². The molecule has 0 spiro atoms. The molecule has 2 heterocycles. The average molecular weight is 290 g/mol. The fraction of sp³-hybridized carbons (Fsp3) is 0.143. The predicted octanol–water partition coefficient (Wildman–Crippen LogP) is 2.97. The van der Waals surface area contributed by atoms with Crippen LogP contribution in [0.1, 0.15) is 5.82 Å². The molecule has 5 nitrogen and oxygen atoms in total. The van der Waals surface area contributed by atoms with E-state index in [1.54, 1.807) is 19.4 Å². The predicted molar refractivity (Wildman–Crippen MR) is 75.3 cm³/mol. The molecule has 0 fully saturated rings. The summed E-state index contributed by atoms with van der Waals surface area (Å²) in [6, 6.07) is 11.0. The van der Waals surface area contributed by atoms with Crippen molar-refractivity contribution >= 4 is 17.2 Å². The Balaban J connectivity index is 1.81. The average Bonchev–Trinajstić information content (AvgIpc) is 2.87. The summed E-state index contributed by atoms with van der Waals surface area (Å²) >= 11 is 5.97. The summed E-state index contributed by atoms with van der Waals surface area (Å²) in [5, 5.41) is 8.77. The summed E-state index contributed by atoms with van der Waals surface area (Å²) in [6.07, 6.45) is 1.77. The van der Waals surface area contributed by atoms with Gasteiger partial charge in [-0.1, -0.05) is 17.7 Å². The lowest BCUT2D eigenvalue weighted by atomic mass is 10.3. The molecular formula is C14H12ClN3O2. The van der Waals surface area contributed by atoms with Gasteiger partial charge >= 0.3 is 0 Å². The van der Waals surface area contributed by atoms with Gasteiger partial charge in [-0.15, -0.1) is 10.2 Å². The summed E-state index contributed by atoms with van der Waals surface area (Å²) in [6.45, 7) is 0.300. The minimum absolute atomic E-state index is 0.300. The van der Waals surface area contributed by atoms with Gasteiger partial charge in [0.25, 0.3) is 0 Å². The molecule has 20 heavy (non-hydrogen) atoms. The number of hydrogen-bond acceptors (Lipinski definition) is 4. The summed E-state index contributed by atoms with van der Waals surface area (Å²) in [7, 11) is 1.62. The van der Waals surface area contributed by atoms with Gasteiger partial charge in [0, 0.05) is 12.3 Å². The lowest BCUT2D eigenvalue weighted by Crippen LogP contribution is -2.01. The van der Waals surface area contributed by atoms with Crippen molar-refractivity contribution in [3.05, 3.63) is 53.4 Å². The Labute approximate surface area is 120 Å². The first-order valence-electron chi connectivity index (χ1n) is 6.02. The first-order valence-corrected chi connectivity index (χ1v) is 6.40. The number of ether oxygens (including phenoxy) is 2. The second-order valence-corrected chi connectivity index (χ2v) is 4.60. The minimum atomic E-state index is 0.300. The Morgan fingerprint density at radius 3 is 2.85 bits per heavy atom. The van der Waals surface area contributed by atoms with Gasteiger partial charge in [-0.2, -0.15) is 0 Å². The second-order valence-electron chi connectivity index (χ2n) is 4.16. The molecule has 6 heteroatoms. The van der Waals surface area contributed by atoms with E-state index in [2.05, 4.69) is 10.2 Å². The Morgan fingerprint density at radius 2 is 2.00 bits per heavy atom. The quantitative estimate of drug-likeness (QED) is 0.741. The van der Waals surface area contributed by atoms with Crippen molar-refractivity contribution in [1.29, 1.82) is 0 Å². The number of halogens is 1. The van der Waals surface area contributed by atoms with Crippen molar-refractivity contribution < 1.29 is 9.47 Å². The number of aromatic nitrogens is 3. The molecule has 1 aromatic carbocycles. The number of nitrogens with zero attached hydrogens (tertiary/aromatic N) is 3. The van der Waals surface area contributed by atoms with Crippen LogP contribution in [0.25, 0.3) is 5.65 Å². The molecular weight excluding hydrogens is 278 g/mol. The number of rotatable bonds is 4.